The topological polar surface area (TPSA) is 27.7 Å². The third kappa shape index (κ3) is 4.52. The highest BCUT2D eigenvalue weighted by atomic mass is 16.5. The fraction of sp³-hybridized carbons (Fsp3) is 1.00. The summed E-state index contributed by atoms with van der Waals surface area (Å²) < 4.78 is 17.0. The van der Waals surface area contributed by atoms with Gasteiger partial charge in [0.2, 0.25) is 0 Å². The first-order chi connectivity index (χ1) is 8.43. The molecule has 3 heteroatoms. The largest absolute Gasteiger partial charge is 0.384 e. The molecule has 0 atom stereocenters. The van der Waals surface area contributed by atoms with E-state index < -0.39 is 0 Å². The van der Waals surface area contributed by atoms with Gasteiger partial charge < -0.3 is 14.2 Å². The van der Waals surface area contributed by atoms with Crippen molar-refractivity contribution in [3.8, 4) is 0 Å². The van der Waals surface area contributed by atoms with Crippen LogP contribution in [0.3, 0.4) is 0 Å². The molecule has 1 rings (SSSR count). The summed E-state index contributed by atoms with van der Waals surface area (Å²) in [5, 5.41) is 0. The predicted molar refractivity (Wildman–Crippen MR) is 73.8 cm³/mol. The molecule has 1 saturated carbocycles. The number of ether oxygens (including phenoxy) is 3. The molecule has 1 aliphatic rings. The number of rotatable bonds is 7. The van der Waals surface area contributed by atoms with Gasteiger partial charge in [-0.3, -0.25) is 0 Å². The Hall–Kier alpha value is -0.120. The van der Waals surface area contributed by atoms with Gasteiger partial charge in [0.25, 0.3) is 0 Å². The highest BCUT2D eigenvalue weighted by Gasteiger charge is 2.41. The van der Waals surface area contributed by atoms with Crippen molar-refractivity contribution < 1.29 is 14.2 Å². The van der Waals surface area contributed by atoms with Crippen molar-refractivity contribution >= 4 is 0 Å². The lowest BCUT2D eigenvalue weighted by atomic mass is 9.76. The van der Waals surface area contributed by atoms with Gasteiger partial charge in [0.1, 0.15) is 0 Å². The summed E-state index contributed by atoms with van der Waals surface area (Å²) in [5.41, 5.74) is -0.0847. The summed E-state index contributed by atoms with van der Waals surface area (Å²) in [4.78, 5) is 0. The van der Waals surface area contributed by atoms with Crippen molar-refractivity contribution in [2.75, 3.05) is 34.0 Å². The van der Waals surface area contributed by atoms with Gasteiger partial charge in [-0.15, -0.1) is 0 Å². The fourth-order valence-electron chi connectivity index (χ4n) is 2.95. The number of methoxy groups -OCH3 is 2. The van der Waals surface area contributed by atoms with Gasteiger partial charge >= 0.3 is 0 Å². The van der Waals surface area contributed by atoms with E-state index in [1.54, 1.807) is 14.2 Å². The van der Waals surface area contributed by atoms with Crippen molar-refractivity contribution in [1.82, 2.24) is 0 Å². The molecule has 0 aliphatic heterocycles. The van der Waals surface area contributed by atoms with Crippen molar-refractivity contribution in [3.63, 3.8) is 0 Å². The van der Waals surface area contributed by atoms with E-state index in [0.717, 1.165) is 19.8 Å². The Morgan fingerprint density at radius 1 is 0.889 bits per heavy atom. The summed E-state index contributed by atoms with van der Waals surface area (Å²) in [7, 11) is 3.55. The summed E-state index contributed by atoms with van der Waals surface area (Å²) in [6.45, 7) is 8.48. The minimum absolute atomic E-state index is 0.0211. The SMILES string of the molecule is COCC(COC)(COC(C)(C)C)C1CCCC1. The minimum Gasteiger partial charge on any atom is -0.384 e. The average Bonchev–Trinajstić information content (AvgIpc) is 2.79. The first-order valence-corrected chi connectivity index (χ1v) is 7.05. The van der Waals surface area contributed by atoms with Crippen molar-refractivity contribution in [2.24, 2.45) is 11.3 Å². The lowest BCUT2D eigenvalue weighted by molar-refractivity contribution is -0.119. The second-order valence-corrected chi connectivity index (χ2v) is 6.61. The highest BCUT2D eigenvalue weighted by Crippen LogP contribution is 2.41. The summed E-state index contributed by atoms with van der Waals surface area (Å²) >= 11 is 0. The van der Waals surface area contributed by atoms with E-state index in [9.17, 15) is 0 Å². The van der Waals surface area contributed by atoms with Crippen LogP contribution in [0.4, 0.5) is 0 Å². The van der Waals surface area contributed by atoms with Gasteiger partial charge in [-0.25, -0.2) is 0 Å². The first kappa shape index (κ1) is 15.9. The molecule has 0 unspecified atom stereocenters. The van der Waals surface area contributed by atoms with Crippen LogP contribution in [-0.2, 0) is 14.2 Å². The zero-order chi connectivity index (χ0) is 13.6. The Morgan fingerprint density at radius 2 is 1.39 bits per heavy atom. The second-order valence-electron chi connectivity index (χ2n) is 6.61. The Bertz CT molecular complexity index is 220. The Labute approximate surface area is 112 Å². The molecule has 1 aliphatic carbocycles. The third-order valence-corrected chi connectivity index (χ3v) is 3.88. The molecule has 108 valence electrons. The molecule has 0 heterocycles. The van der Waals surface area contributed by atoms with Gasteiger partial charge in [0.05, 0.1) is 25.4 Å². The van der Waals surface area contributed by atoms with Crippen LogP contribution in [0.2, 0.25) is 0 Å². The molecular weight excluding hydrogens is 228 g/mol. The van der Waals surface area contributed by atoms with Crippen molar-refractivity contribution in [2.45, 2.75) is 52.1 Å². The molecule has 0 amide bonds. The average molecular weight is 258 g/mol. The van der Waals surface area contributed by atoms with E-state index in [1.807, 2.05) is 0 Å². The van der Waals surface area contributed by atoms with Crippen LogP contribution < -0.4 is 0 Å². The van der Waals surface area contributed by atoms with Gasteiger partial charge in [-0.2, -0.15) is 0 Å². The third-order valence-electron chi connectivity index (χ3n) is 3.88. The van der Waals surface area contributed by atoms with E-state index in [-0.39, 0.29) is 11.0 Å². The molecule has 0 spiro atoms. The number of hydrogen-bond donors (Lipinski definition) is 0. The smallest absolute Gasteiger partial charge is 0.0598 e. The fourth-order valence-corrected chi connectivity index (χ4v) is 2.95. The molecule has 1 fully saturated rings. The van der Waals surface area contributed by atoms with Crippen LogP contribution in [0, 0.1) is 11.3 Å². The lowest BCUT2D eigenvalue weighted by Gasteiger charge is -2.39. The maximum absolute atomic E-state index is 6.05. The van der Waals surface area contributed by atoms with E-state index in [0.29, 0.717) is 5.92 Å². The molecule has 18 heavy (non-hydrogen) atoms. The van der Waals surface area contributed by atoms with Gasteiger partial charge in [0.15, 0.2) is 0 Å². The highest BCUT2D eigenvalue weighted by molar-refractivity contribution is 4.90. The molecule has 3 nitrogen and oxygen atoms in total. The first-order valence-electron chi connectivity index (χ1n) is 7.05. The minimum atomic E-state index is -0.106. The summed E-state index contributed by atoms with van der Waals surface area (Å²) in [6.07, 6.45) is 5.21. The van der Waals surface area contributed by atoms with Crippen LogP contribution in [0.5, 0.6) is 0 Å². The molecule has 0 saturated heterocycles. The molecule has 0 aromatic carbocycles. The van der Waals surface area contributed by atoms with E-state index in [4.69, 9.17) is 14.2 Å². The summed E-state index contributed by atoms with van der Waals surface area (Å²) in [5.74, 6) is 0.666. The van der Waals surface area contributed by atoms with Crippen molar-refractivity contribution in [1.29, 1.82) is 0 Å². The van der Waals surface area contributed by atoms with Crippen LogP contribution in [0.1, 0.15) is 46.5 Å². The normalized spacial score (nSPS) is 18.5. The number of hydrogen-bond acceptors (Lipinski definition) is 3. The second kappa shape index (κ2) is 6.88. The monoisotopic (exact) mass is 258 g/mol. The van der Waals surface area contributed by atoms with Crippen LogP contribution >= 0.6 is 0 Å². The molecule has 0 aromatic rings. The Morgan fingerprint density at radius 3 is 1.78 bits per heavy atom. The maximum atomic E-state index is 6.05. The molecule has 0 N–H and O–H groups in total. The Balaban J connectivity index is 2.75. The van der Waals surface area contributed by atoms with Gasteiger partial charge in [0, 0.05) is 19.6 Å². The Kier molecular flexibility index (Phi) is 6.09. The summed E-state index contributed by atoms with van der Waals surface area (Å²) in [6, 6.07) is 0. The zero-order valence-corrected chi connectivity index (χ0v) is 12.8. The van der Waals surface area contributed by atoms with E-state index in [1.165, 1.54) is 25.7 Å². The molecule has 0 aromatic heterocycles. The lowest BCUT2D eigenvalue weighted by Crippen LogP contribution is -2.44. The van der Waals surface area contributed by atoms with Crippen molar-refractivity contribution in [3.05, 3.63) is 0 Å². The molecule has 0 radical (unpaired) electrons. The van der Waals surface area contributed by atoms with Crippen LogP contribution in [0.15, 0.2) is 0 Å². The van der Waals surface area contributed by atoms with Gasteiger partial charge in [-0.1, -0.05) is 12.8 Å². The molecule has 0 bridgehead atoms. The zero-order valence-electron chi connectivity index (χ0n) is 12.8. The standard InChI is InChI=1S/C15H30O3/c1-14(2,3)18-12-15(10-16-4,11-17-5)13-8-6-7-9-13/h13H,6-12H2,1-5H3. The maximum Gasteiger partial charge on any atom is 0.0598 e. The van der Waals surface area contributed by atoms with Crippen LogP contribution in [-0.4, -0.2) is 39.6 Å². The van der Waals surface area contributed by atoms with Crippen LogP contribution in [0.25, 0.3) is 0 Å². The predicted octanol–water partition coefficient (Wildman–Crippen LogP) is 3.27. The molecular formula is C15H30O3. The van der Waals surface area contributed by atoms with Gasteiger partial charge in [-0.05, 0) is 39.5 Å². The van der Waals surface area contributed by atoms with E-state index in [2.05, 4.69) is 20.8 Å². The van der Waals surface area contributed by atoms with E-state index >= 15 is 0 Å². The quantitative estimate of drug-likeness (QED) is 0.701.